The molecule has 0 radical (unpaired) electrons. The third kappa shape index (κ3) is 5.26. The Balaban J connectivity index is 2.37. The summed E-state index contributed by atoms with van der Waals surface area (Å²) in [6.45, 7) is 7.31. The summed E-state index contributed by atoms with van der Waals surface area (Å²) in [5.74, 6) is 0.396. The lowest BCUT2D eigenvalue weighted by Crippen LogP contribution is -2.37. The normalized spacial score (nSPS) is 11.1. The first-order valence-electron chi connectivity index (χ1n) is 7.73. The number of amides is 1. The molecule has 0 bridgehead atoms. The molecule has 0 aliphatic carbocycles. The van der Waals surface area contributed by atoms with Gasteiger partial charge in [-0.25, -0.2) is 14.8 Å². The number of aryl methyl sites for hydroxylation is 1. The number of nitrogens with zero attached hydrogens (tertiary/aromatic N) is 3. The molecule has 7 heteroatoms. The average molecular weight is 362 g/mol. The molecule has 2 heterocycles. The predicted molar refractivity (Wildman–Crippen MR) is 96.0 cm³/mol. The van der Waals surface area contributed by atoms with Crippen molar-refractivity contribution >= 4 is 29.8 Å². The molecule has 0 atom stereocenters. The molecule has 0 aromatic carbocycles. The minimum atomic E-state index is -0.647. The maximum absolute atomic E-state index is 12.6. The number of hydrogen-bond acceptors (Lipinski definition) is 5. The van der Waals surface area contributed by atoms with Gasteiger partial charge in [-0.3, -0.25) is 9.69 Å². The third-order valence-corrected chi connectivity index (χ3v) is 3.48. The Morgan fingerprint density at radius 3 is 2.52 bits per heavy atom. The fourth-order valence-corrected chi connectivity index (χ4v) is 2.18. The summed E-state index contributed by atoms with van der Waals surface area (Å²) < 4.78 is 5.48. The lowest BCUT2D eigenvalue weighted by molar-refractivity contribution is 0.0576. The summed E-state index contributed by atoms with van der Waals surface area (Å²) in [7, 11) is 0. The van der Waals surface area contributed by atoms with Crippen LogP contribution in [0.2, 0.25) is 5.15 Å². The van der Waals surface area contributed by atoms with Crippen molar-refractivity contribution in [3.8, 4) is 0 Å². The molecule has 0 unspecified atom stereocenters. The Labute approximate surface area is 151 Å². The number of carbonyl (C=O) groups excluding carboxylic acids is 2. The van der Waals surface area contributed by atoms with Gasteiger partial charge in [0.15, 0.2) is 6.29 Å². The Hall–Kier alpha value is -2.47. The summed E-state index contributed by atoms with van der Waals surface area (Å²) in [4.78, 5) is 33.4. The van der Waals surface area contributed by atoms with E-state index in [-0.39, 0.29) is 6.54 Å². The zero-order valence-electron chi connectivity index (χ0n) is 14.6. The summed E-state index contributed by atoms with van der Waals surface area (Å²) in [6.07, 6.45) is 1.78. The second-order valence-corrected chi connectivity index (χ2v) is 6.90. The van der Waals surface area contributed by atoms with Gasteiger partial charge in [0.1, 0.15) is 16.6 Å². The van der Waals surface area contributed by atoms with E-state index in [1.54, 1.807) is 58.2 Å². The van der Waals surface area contributed by atoms with Crippen LogP contribution in [0.3, 0.4) is 0 Å². The van der Waals surface area contributed by atoms with Crippen LogP contribution in [0, 0.1) is 6.92 Å². The van der Waals surface area contributed by atoms with Crippen LogP contribution in [0.15, 0.2) is 30.5 Å². The van der Waals surface area contributed by atoms with Crippen molar-refractivity contribution in [1.29, 1.82) is 0 Å². The molecule has 2 rings (SSSR count). The van der Waals surface area contributed by atoms with Crippen LogP contribution in [0.1, 0.15) is 42.4 Å². The zero-order valence-corrected chi connectivity index (χ0v) is 15.4. The Morgan fingerprint density at radius 2 is 2.00 bits per heavy atom. The van der Waals surface area contributed by atoms with Crippen LogP contribution in [-0.4, -0.2) is 27.9 Å². The zero-order chi connectivity index (χ0) is 18.6. The summed E-state index contributed by atoms with van der Waals surface area (Å²) in [6, 6.07) is 6.67. The number of ether oxygens (including phenoxy) is 1. The van der Waals surface area contributed by atoms with Crippen molar-refractivity contribution in [2.45, 2.75) is 39.8 Å². The third-order valence-electron chi connectivity index (χ3n) is 3.26. The number of pyridine rings is 2. The lowest BCUT2D eigenvalue weighted by Gasteiger charge is -2.27. The van der Waals surface area contributed by atoms with Gasteiger partial charge in [-0.1, -0.05) is 17.7 Å². The Morgan fingerprint density at radius 1 is 1.28 bits per heavy atom. The van der Waals surface area contributed by atoms with E-state index in [0.717, 1.165) is 11.8 Å². The van der Waals surface area contributed by atoms with E-state index in [4.69, 9.17) is 16.3 Å². The first-order valence-corrected chi connectivity index (χ1v) is 8.11. The van der Waals surface area contributed by atoms with Crippen molar-refractivity contribution in [2.24, 2.45) is 0 Å². The van der Waals surface area contributed by atoms with E-state index < -0.39 is 11.7 Å². The molecule has 0 spiro atoms. The first-order chi connectivity index (χ1) is 11.7. The molecule has 132 valence electrons. The molecule has 0 saturated heterocycles. The highest BCUT2D eigenvalue weighted by Gasteiger charge is 2.25. The second kappa shape index (κ2) is 7.61. The predicted octanol–water partition coefficient (Wildman–Crippen LogP) is 4.19. The molecular weight excluding hydrogens is 342 g/mol. The number of carbonyl (C=O) groups is 2. The van der Waals surface area contributed by atoms with Crippen LogP contribution in [-0.2, 0) is 11.3 Å². The molecule has 0 N–H and O–H groups in total. The molecule has 2 aromatic heterocycles. The minimum Gasteiger partial charge on any atom is -0.443 e. The van der Waals surface area contributed by atoms with Gasteiger partial charge in [0.05, 0.1) is 12.2 Å². The topological polar surface area (TPSA) is 72.4 Å². The highest BCUT2D eigenvalue weighted by atomic mass is 35.5. The smallest absolute Gasteiger partial charge is 0.416 e. The fraction of sp³-hybridized carbons (Fsp3) is 0.333. The van der Waals surface area contributed by atoms with Gasteiger partial charge in [-0.15, -0.1) is 0 Å². The standard InChI is InChI=1S/C18H20ClN3O3/c1-12-14(11-23)6-8-16(21-12)22(17(24)25-18(2,3)4)10-13-5-7-15(19)20-9-13/h5-9,11H,10H2,1-4H3. The van der Waals surface area contributed by atoms with Gasteiger partial charge in [0, 0.05) is 11.8 Å². The fourth-order valence-electron chi connectivity index (χ4n) is 2.07. The highest BCUT2D eigenvalue weighted by molar-refractivity contribution is 6.29. The molecule has 0 aliphatic rings. The van der Waals surface area contributed by atoms with Gasteiger partial charge >= 0.3 is 6.09 Å². The van der Waals surface area contributed by atoms with Crippen molar-refractivity contribution in [3.05, 3.63) is 52.4 Å². The van der Waals surface area contributed by atoms with E-state index >= 15 is 0 Å². The number of halogens is 1. The van der Waals surface area contributed by atoms with Crippen LogP contribution in [0.5, 0.6) is 0 Å². The maximum Gasteiger partial charge on any atom is 0.416 e. The number of hydrogen-bond donors (Lipinski definition) is 0. The molecule has 1 amide bonds. The molecule has 2 aromatic rings. The van der Waals surface area contributed by atoms with Crippen LogP contribution < -0.4 is 4.90 Å². The van der Waals surface area contributed by atoms with E-state index in [1.165, 1.54) is 4.90 Å². The highest BCUT2D eigenvalue weighted by Crippen LogP contribution is 2.21. The van der Waals surface area contributed by atoms with Crippen molar-refractivity contribution in [1.82, 2.24) is 9.97 Å². The van der Waals surface area contributed by atoms with Gasteiger partial charge < -0.3 is 4.74 Å². The van der Waals surface area contributed by atoms with Crippen molar-refractivity contribution < 1.29 is 14.3 Å². The van der Waals surface area contributed by atoms with Gasteiger partial charge in [0.2, 0.25) is 0 Å². The lowest BCUT2D eigenvalue weighted by atomic mass is 10.2. The van der Waals surface area contributed by atoms with Crippen LogP contribution in [0.25, 0.3) is 0 Å². The average Bonchev–Trinajstić information content (AvgIpc) is 2.52. The molecular formula is C18H20ClN3O3. The van der Waals surface area contributed by atoms with Crippen LogP contribution in [0.4, 0.5) is 10.6 Å². The Kier molecular flexibility index (Phi) is 5.74. The van der Waals surface area contributed by atoms with E-state index in [2.05, 4.69) is 9.97 Å². The molecule has 6 nitrogen and oxygen atoms in total. The number of aromatic nitrogens is 2. The van der Waals surface area contributed by atoms with E-state index in [9.17, 15) is 9.59 Å². The van der Waals surface area contributed by atoms with E-state index in [0.29, 0.717) is 22.2 Å². The molecule has 0 saturated carbocycles. The van der Waals surface area contributed by atoms with Gasteiger partial charge in [-0.05, 0) is 51.5 Å². The first kappa shape index (κ1) is 18.9. The number of rotatable bonds is 4. The monoisotopic (exact) mass is 361 g/mol. The van der Waals surface area contributed by atoms with Gasteiger partial charge in [0.25, 0.3) is 0 Å². The largest absolute Gasteiger partial charge is 0.443 e. The van der Waals surface area contributed by atoms with Gasteiger partial charge in [-0.2, -0.15) is 0 Å². The summed E-state index contributed by atoms with van der Waals surface area (Å²) >= 11 is 5.81. The van der Waals surface area contributed by atoms with E-state index in [1.807, 2.05) is 0 Å². The van der Waals surface area contributed by atoms with Crippen molar-refractivity contribution in [2.75, 3.05) is 4.90 Å². The maximum atomic E-state index is 12.6. The quantitative estimate of drug-likeness (QED) is 0.603. The minimum absolute atomic E-state index is 0.214. The number of aldehydes is 1. The molecule has 0 fully saturated rings. The summed E-state index contributed by atoms with van der Waals surface area (Å²) in [5.41, 5.74) is 1.14. The van der Waals surface area contributed by atoms with Crippen LogP contribution >= 0.6 is 11.6 Å². The summed E-state index contributed by atoms with van der Waals surface area (Å²) in [5, 5.41) is 0.372. The second-order valence-electron chi connectivity index (χ2n) is 6.52. The molecule has 25 heavy (non-hydrogen) atoms. The molecule has 0 aliphatic heterocycles. The SMILES string of the molecule is Cc1nc(N(Cc2ccc(Cl)nc2)C(=O)OC(C)(C)C)ccc1C=O. The number of anilines is 1. The van der Waals surface area contributed by atoms with Crippen molar-refractivity contribution in [3.63, 3.8) is 0 Å². The Bertz CT molecular complexity index is 770.